The zero-order valence-corrected chi connectivity index (χ0v) is 13.1. The molecule has 22 heavy (non-hydrogen) atoms. The van der Waals surface area contributed by atoms with Gasteiger partial charge in [-0.25, -0.2) is 0 Å². The van der Waals surface area contributed by atoms with Crippen LogP contribution in [0.3, 0.4) is 0 Å². The molecule has 2 heterocycles. The van der Waals surface area contributed by atoms with Gasteiger partial charge in [0.2, 0.25) is 5.91 Å². The summed E-state index contributed by atoms with van der Waals surface area (Å²) in [6.07, 6.45) is 2.55. The molecule has 0 saturated carbocycles. The van der Waals surface area contributed by atoms with Crippen LogP contribution in [0.25, 0.3) is 0 Å². The number of nitrogens with one attached hydrogen (secondary N) is 1. The van der Waals surface area contributed by atoms with Crippen LogP contribution < -0.4 is 5.32 Å². The molecule has 2 amide bonds. The average molecular weight is 314 g/mol. The van der Waals surface area contributed by atoms with Gasteiger partial charge in [0, 0.05) is 29.2 Å². The van der Waals surface area contributed by atoms with Gasteiger partial charge in [0.05, 0.1) is 6.42 Å². The minimum atomic E-state index is -0.0407. The van der Waals surface area contributed by atoms with Crippen LogP contribution in [0.4, 0.5) is 5.69 Å². The van der Waals surface area contributed by atoms with Gasteiger partial charge in [0.15, 0.2) is 0 Å². The van der Waals surface area contributed by atoms with Crippen LogP contribution >= 0.6 is 11.3 Å². The first kappa shape index (κ1) is 14.8. The quantitative estimate of drug-likeness (QED) is 0.942. The number of hydrogen-bond acceptors (Lipinski definition) is 3. The van der Waals surface area contributed by atoms with Crippen molar-refractivity contribution in [1.82, 2.24) is 4.90 Å². The summed E-state index contributed by atoms with van der Waals surface area (Å²) in [5, 5.41) is 4.82. The van der Waals surface area contributed by atoms with Crippen molar-refractivity contribution in [2.75, 3.05) is 18.4 Å². The van der Waals surface area contributed by atoms with Crippen molar-refractivity contribution >= 4 is 28.8 Å². The number of carbonyl (C=O) groups excluding carboxylic acids is 2. The lowest BCUT2D eigenvalue weighted by atomic mass is 10.2. The number of hydrogen-bond donors (Lipinski definition) is 1. The first-order valence-electron chi connectivity index (χ1n) is 7.44. The fourth-order valence-corrected chi connectivity index (χ4v) is 3.28. The fraction of sp³-hybridized carbons (Fsp3) is 0.294. The van der Waals surface area contributed by atoms with Crippen LogP contribution in [0.15, 0.2) is 41.8 Å². The van der Waals surface area contributed by atoms with Crippen molar-refractivity contribution in [2.24, 2.45) is 0 Å². The molecule has 0 unspecified atom stereocenters. The molecule has 0 aliphatic carbocycles. The summed E-state index contributed by atoms with van der Waals surface area (Å²) >= 11 is 1.57. The number of carbonyl (C=O) groups is 2. The summed E-state index contributed by atoms with van der Waals surface area (Å²) in [6, 6.07) is 11.0. The van der Waals surface area contributed by atoms with Gasteiger partial charge < -0.3 is 10.2 Å². The molecule has 0 bridgehead atoms. The van der Waals surface area contributed by atoms with E-state index in [9.17, 15) is 9.59 Å². The van der Waals surface area contributed by atoms with Crippen molar-refractivity contribution in [1.29, 1.82) is 0 Å². The Labute approximate surface area is 133 Å². The highest BCUT2D eigenvalue weighted by Gasteiger charge is 2.19. The van der Waals surface area contributed by atoms with E-state index in [-0.39, 0.29) is 11.8 Å². The summed E-state index contributed by atoms with van der Waals surface area (Å²) in [6.45, 7) is 1.69. The maximum Gasteiger partial charge on any atom is 0.253 e. The van der Waals surface area contributed by atoms with Gasteiger partial charge in [0.1, 0.15) is 0 Å². The second kappa shape index (κ2) is 6.75. The third-order valence-electron chi connectivity index (χ3n) is 3.72. The minimum Gasteiger partial charge on any atom is -0.339 e. The SMILES string of the molecule is O=C(Cc1cccs1)Nc1ccc(C(=O)N2CCCC2)cc1. The summed E-state index contributed by atoms with van der Waals surface area (Å²) in [7, 11) is 0. The van der Waals surface area contributed by atoms with Crippen molar-refractivity contribution in [3.63, 3.8) is 0 Å². The molecule has 0 spiro atoms. The average Bonchev–Trinajstić information content (AvgIpc) is 3.20. The smallest absolute Gasteiger partial charge is 0.253 e. The molecule has 0 radical (unpaired) electrons. The molecule has 1 fully saturated rings. The van der Waals surface area contributed by atoms with Crippen molar-refractivity contribution in [3.05, 3.63) is 52.2 Å². The van der Waals surface area contributed by atoms with Crippen molar-refractivity contribution < 1.29 is 9.59 Å². The van der Waals surface area contributed by atoms with E-state index >= 15 is 0 Å². The topological polar surface area (TPSA) is 49.4 Å². The Morgan fingerprint density at radius 1 is 1.09 bits per heavy atom. The molecular weight excluding hydrogens is 296 g/mol. The largest absolute Gasteiger partial charge is 0.339 e. The maximum atomic E-state index is 12.2. The Morgan fingerprint density at radius 3 is 2.45 bits per heavy atom. The van der Waals surface area contributed by atoms with Gasteiger partial charge in [0.25, 0.3) is 5.91 Å². The van der Waals surface area contributed by atoms with Crippen LogP contribution in [-0.2, 0) is 11.2 Å². The number of benzene rings is 1. The molecule has 1 aliphatic heterocycles. The van der Waals surface area contributed by atoms with Crippen LogP contribution in [-0.4, -0.2) is 29.8 Å². The molecule has 1 aromatic carbocycles. The standard InChI is InChI=1S/C17H18N2O2S/c20-16(12-15-4-3-11-22-15)18-14-7-5-13(6-8-14)17(21)19-9-1-2-10-19/h3-8,11H,1-2,9-10,12H2,(H,18,20). The molecule has 114 valence electrons. The highest BCUT2D eigenvalue weighted by atomic mass is 32.1. The van der Waals surface area contributed by atoms with Gasteiger partial charge in [-0.15, -0.1) is 11.3 Å². The third kappa shape index (κ3) is 3.54. The van der Waals surface area contributed by atoms with E-state index in [2.05, 4.69) is 5.32 Å². The second-order valence-electron chi connectivity index (χ2n) is 5.38. The van der Waals surface area contributed by atoms with Crippen molar-refractivity contribution in [3.8, 4) is 0 Å². The number of anilines is 1. The Hall–Kier alpha value is -2.14. The van der Waals surface area contributed by atoms with E-state index in [0.29, 0.717) is 12.0 Å². The predicted molar refractivity (Wildman–Crippen MR) is 88.2 cm³/mol. The highest BCUT2D eigenvalue weighted by molar-refractivity contribution is 7.10. The lowest BCUT2D eigenvalue weighted by Crippen LogP contribution is -2.27. The number of amides is 2. The van der Waals surface area contributed by atoms with Gasteiger partial charge >= 0.3 is 0 Å². The molecule has 5 heteroatoms. The lowest BCUT2D eigenvalue weighted by Gasteiger charge is -2.15. The van der Waals surface area contributed by atoms with Gasteiger partial charge in [-0.3, -0.25) is 9.59 Å². The van der Waals surface area contributed by atoms with E-state index in [1.54, 1.807) is 35.6 Å². The van der Waals surface area contributed by atoms with Crippen LogP contribution in [0.1, 0.15) is 28.1 Å². The van der Waals surface area contributed by atoms with Gasteiger partial charge in [-0.05, 0) is 48.6 Å². The van der Waals surface area contributed by atoms with Gasteiger partial charge in [-0.1, -0.05) is 6.07 Å². The Balaban J connectivity index is 1.59. The molecule has 2 aromatic rings. The Bertz CT molecular complexity index is 644. The molecule has 1 aromatic heterocycles. The number of nitrogens with zero attached hydrogens (tertiary/aromatic N) is 1. The fourth-order valence-electron chi connectivity index (χ4n) is 2.58. The zero-order valence-electron chi connectivity index (χ0n) is 12.2. The van der Waals surface area contributed by atoms with Crippen LogP contribution in [0, 0.1) is 0 Å². The maximum absolute atomic E-state index is 12.2. The number of likely N-dealkylation sites (tertiary alicyclic amines) is 1. The molecule has 3 rings (SSSR count). The summed E-state index contributed by atoms with van der Waals surface area (Å²) in [4.78, 5) is 27.1. The first-order valence-corrected chi connectivity index (χ1v) is 8.32. The van der Waals surface area contributed by atoms with Crippen LogP contribution in [0.5, 0.6) is 0 Å². The zero-order chi connectivity index (χ0) is 15.4. The first-order chi connectivity index (χ1) is 10.7. The summed E-state index contributed by atoms with van der Waals surface area (Å²) in [5.41, 5.74) is 1.40. The monoisotopic (exact) mass is 314 g/mol. The number of rotatable bonds is 4. The molecule has 0 atom stereocenters. The Morgan fingerprint density at radius 2 is 1.82 bits per heavy atom. The predicted octanol–water partition coefficient (Wildman–Crippen LogP) is 3.17. The summed E-state index contributed by atoms with van der Waals surface area (Å²) in [5.74, 6) is 0.0371. The molecular formula is C17H18N2O2S. The summed E-state index contributed by atoms with van der Waals surface area (Å²) < 4.78 is 0. The van der Waals surface area contributed by atoms with E-state index < -0.39 is 0 Å². The van der Waals surface area contributed by atoms with Crippen LogP contribution in [0.2, 0.25) is 0 Å². The van der Waals surface area contributed by atoms with E-state index in [1.807, 2.05) is 22.4 Å². The normalized spacial score (nSPS) is 14.1. The third-order valence-corrected chi connectivity index (χ3v) is 4.60. The molecule has 1 saturated heterocycles. The number of thiophene rings is 1. The van der Waals surface area contributed by atoms with Gasteiger partial charge in [-0.2, -0.15) is 0 Å². The van der Waals surface area contributed by atoms with E-state index in [0.717, 1.165) is 36.5 Å². The van der Waals surface area contributed by atoms with E-state index in [1.165, 1.54) is 0 Å². The molecule has 4 nitrogen and oxygen atoms in total. The minimum absolute atomic E-state index is 0.0407. The molecule has 1 N–H and O–H groups in total. The molecule has 1 aliphatic rings. The lowest BCUT2D eigenvalue weighted by molar-refractivity contribution is -0.115. The second-order valence-corrected chi connectivity index (χ2v) is 6.41. The van der Waals surface area contributed by atoms with Crippen molar-refractivity contribution in [2.45, 2.75) is 19.3 Å². The van der Waals surface area contributed by atoms with E-state index in [4.69, 9.17) is 0 Å². The Kier molecular flexibility index (Phi) is 4.53. The highest BCUT2D eigenvalue weighted by Crippen LogP contribution is 2.16.